The van der Waals surface area contributed by atoms with Gasteiger partial charge in [0.2, 0.25) is 0 Å². The number of hydrogen-bond acceptors (Lipinski definition) is 3. The molecule has 1 unspecified atom stereocenters. The van der Waals surface area contributed by atoms with Gasteiger partial charge in [-0.2, -0.15) is 5.26 Å². The Morgan fingerprint density at radius 1 is 1.04 bits per heavy atom. The predicted molar refractivity (Wildman–Crippen MR) is 102 cm³/mol. The van der Waals surface area contributed by atoms with Crippen LogP contribution >= 0.6 is 0 Å². The van der Waals surface area contributed by atoms with Gasteiger partial charge in [-0.05, 0) is 48.4 Å². The molecule has 4 nitrogen and oxygen atoms in total. The lowest BCUT2D eigenvalue weighted by Gasteiger charge is -2.18. The molecule has 2 heterocycles. The fourth-order valence-electron chi connectivity index (χ4n) is 3.33. The highest BCUT2D eigenvalue weighted by Gasteiger charge is 2.18. The molecule has 0 aliphatic heterocycles. The van der Waals surface area contributed by atoms with E-state index in [4.69, 9.17) is 4.98 Å². The molecule has 1 atom stereocenters. The highest BCUT2D eigenvalue weighted by molar-refractivity contribution is 5.78. The smallest absolute Gasteiger partial charge is 0.114 e. The molecule has 0 saturated carbocycles. The normalized spacial score (nSPS) is 12.0. The number of imidazole rings is 1. The number of nitrogens with zero attached hydrogens (tertiary/aromatic N) is 4. The maximum absolute atomic E-state index is 9.30. The van der Waals surface area contributed by atoms with Crippen molar-refractivity contribution < 1.29 is 0 Å². The van der Waals surface area contributed by atoms with Gasteiger partial charge in [0, 0.05) is 18.8 Å². The first-order valence-corrected chi connectivity index (χ1v) is 8.61. The Bertz CT molecular complexity index is 1080. The molecule has 2 aromatic carbocycles. The second-order valence-corrected chi connectivity index (χ2v) is 6.33. The molecule has 0 aliphatic rings. The van der Waals surface area contributed by atoms with E-state index in [9.17, 15) is 5.26 Å². The van der Waals surface area contributed by atoms with Crippen molar-refractivity contribution in [3.63, 3.8) is 0 Å². The molecule has 2 aromatic heterocycles. The lowest BCUT2D eigenvalue weighted by Crippen LogP contribution is -2.11. The van der Waals surface area contributed by atoms with Crippen LogP contribution in [0.4, 0.5) is 0 Å². The number of fused-ring (bicyclic) bond motifs is 1. The Balaban J connectivity index is 1.89. The van der Waals surface area contributed by atoms with E-state index < -0.39 is 0 Å². The van der Waals surface area contributed by atoms with Gasteiger partial charge in [-0.3, -0.25) is 4.98 Å². The monoisotopic (exact) mass is 338 g/mol. The molecule has 0 bridgehead atoms. The van der Waals surface area contributed by atoms with E-state index in [1.54, 1.807) is 12.4 Å². The van der Waals surface area contributed by atoms with E-state index >= 15 is 0 Å². The van der Waals surface area contributed by atoms with Crippen molar-refractivity contribution in [3.05, 3.63) is 95.6 Å². The van der Waals surface area contributed by atoms with Gasteiger partial charge in [0.1, 0.15) is 5.82 Å². The van der Waals surface area contributed by atoms with Crippen molar-refractivity contribution >= 4 is 11.0 Å². The molecule has 0 fully saturated rings. The van der Waals surface area contributed by atoms with Crippen LogP contribution in [0.2, 0.25) is 0 Å². The largest absolute Gasteiger partial charge is 0.320 e. The van der Waals surface area contributed by atoms with Crippen LogP contribution in [0.25, 0.3) is 11.0 Å². The Kier molecular flexibility index (Phi) is 4.20. The summed E-state index contributed by atoms with van der Waals surface area (Å²) in [5.74, 6) is 0.984. The first kappa shape index (κ1) is 16.0. The second kappa shape index (κ2) is 6.81. The zero-order chi connectivity index (χ0) is 17.9. The summed E-state index contributed by atoms with van der Waals surface area (Å²) in [6, 6.07) is 22.4. The number of rotatable bonds is 4. The number of aromatic nitrogens is 3. The van der Waals surface area contributed by atoms with E-state index in [1.165, 1.54) is 5.56 Å². The van der Waals surface area contributed by atoms with E-state index in [0.717, 1.165) is 28.8 Å². The van der Waals surface area contributed by atoms with Gasteiger partial charge in [-0.15, -0.1) is 0 Å². The second-order valence-electron chi connectivity index (χ2n) is 6.33. The topological polar surface area (TPSA) is 54.5 Å². The first-order chi connectivity index (χ1) is 12.8. The summed E-state index contributed by atoms with van der Waals surface area (Å²) >= 11 is 0. The third kappa shape index (κ3) is 2.96. The first-order valence-electron chi connectivity index (χ1n) is 8.61. The van der Waals surface area contributed by atoms with Crippen LogP contribution in [0.15, 0.2) is 73.1 Å². The van der Waals surface area contributed by atoms with Gasteiger partial charge >= 0.3 is 0 Å². The van der Waals surface area contributed by atoms with Gasteiger partial charge < -0.3 is 4.57 Å². The molecule has 0 spiro atoms. The molecule has 4 rings (SSSR count). The summed E-state index contributed by atoms with van der Waals surface area (Å²) in [4.78, 5) is 8.96. The third-order valence-electron chi connectivity index (χ3n) is 4.67. The number of nitriles is 1. The van der Waals surface area contributed by atoms with Gasteiger partial charge in [0.05, 0.1) is 28.7 Å². The minimum absolute atomic E-state index is 0.118. The lowest BCUT2D eigenvalue weighted by molar-refractivity contribution is 0.627. The van der Waals surface area contributed by atoms with Crippen molar-refractivity contribution in [1.82, 2.24) is 14.5 Å². The molecular weight excluding hydrogens is 320 g/mol. The summed E-state index contributed by atoms with van der Waals surface area (Å²) in [5, 5.41) is 9.30. The Morgan fingerprint density at radius 3 is 2.54 bits per heavy atom. The summed E-state index contributed by atoms with van der Waals surface area (Å²) < 4.78 is 2.24. The Labute approximate surface area is 152 Å². The zero-order valence-electron chi connectivity index (χ0n) is 14.5. The standard InChI is InChI=1S/C22H18N4/c1-16(19-5-3-2-4-6-19)26-21-13-18(15-23)7-8-20(21)25-22(26)14-17-9-11-24-12-10-17/h2-13,16H,14H2,1H3. The summed E-state index contributed by atoms with van der Waals surface area (Å²) in [5.41, 5.74) is 4.93. The van der Waals surface area contributed by atoms with E-state index in [2.05, 4.69) is 34.7 Å². The van der Waals surface area contributed by atoms with E-state index in [-0.39, 0.29) is 6.04 Å². The van der Waals surface area contributed by atoms with E-state index in [1.807, 2.05) is 48.5 Å². The van der Waals surface area contributed by atoms with Crippen LogP contribution in [0.3, 0.4) is 0 Å². The molecule has 4 aromatic rings. The van der Waals surface area contributed by atoms with Gasteiger partial charge in [0.25, 0.3) is 0 Å². The quantitative estimate of drug-likeness (QED) is 0.550. The highest BCUT2D eigenvalue weighted by Crippen LogP contribution is 2.28. The highest BCUT2D eigenvalue weighted by atomic mass is 15.1. The van der Waals surface area contributed by atoms with Crippen LogP contribution in [0.5, 0.6) is 0 Å². The van der Waals surface area contributed by atoms with Gasteiger partial charge in [-0.25, -0.2) is 4.98 Å². The number of benzene rings is 2. The molecule has 0 N–H and O–H groups in total. The molecule has 26 heavy (non-hydrogen) atoms. The summed E-state index contributed by atoms with van der Waals surface area (Å²) in [6.45, 7) is 2.17. The average molecular weight is 338 g/mol. The lowest BCUT2D eigenvalue weighted by atomic mass is 10.1. The third-order valence-corrected chi connectivity index (χ3v) is 4.67. The Hall–Kier alpha value is -3.45. The van der Waals surface area contributed by atoms with Crippen molar-refractivity contribution in [2.24, 2.45) is 0 Å². The van der Waals surface area contributed by atoms with Gasteiger partial charge in [0.15, 0.2) is 0 Å². The van der Waals surface area contributed by atoms with E-state index in [0.29, 0.717) is 5.56 Å². The SMILES string of the molecule is CC(c1ccccc1)n1c(Cc2ccncc2)nc2ccc(C#N)cc21. The molecule has 0 radical (unpaired) electrons. The zero-order valence-corrected chi connectivity index (χ0v) is 14.5. The minimum Gasteiger partial charge on any atom is -0.320 e. The summed E-state index contributed by atoms with van der Waals surface area (Å²) in [6.07, 6.45) is 4.32. The van der Waals surface area contributed by atoms with Crippen molar-refractivity contribution in [2.75, 3.05) is 0 Å². The van der Waals surface area contributed by atoms with Crippen molar-refractivity contribution in [1.29, 1.82) is 5.26 Å². The molecule has 0 amide bonds. The van der Waals surface area contributed by atoms with Crippen LogP contribution in [-0.4, -0.2) is 14.5 Å². The maximum Gasteiger partial charge on any atom is 0.114 e. The fourth-order valence-corrected chi connectivity index (χ4v) is 3.33. The number of hydrogen-bond donors (Lipinski definition) is 0. The summed E-state index contributed by atoms with van der Waals surface area (Å²) in [7, 11) is 0. The Morgan fingerprint density at radius 2 is 1.81 bits per heavy atom. The van der Waals surface area contributed by atoms with Crippen LogP contribution in [-0.2, 0) is 6.42 Å². The van der Waals surface area contributed by atoms with Crippen molar-refractivity contribution in [3.8, 4) is 6.07 Å². The van der Waals surface area contributed by atoms with Crippen molar-refractivity contribution in [2.45, 2.75) is 19.4 Å². The predicted octanol–water partition coefficient (Wildman–Crippen LogP) is 4.50. The molecule has 0 saturated heterocycles. The molecular formula is C22H18N4. The minimum atomic E-state index is 0.118. The van der Waals surface area contributed by atoms with Gasteiger partial charge in [-0.1, -0.05) is 30.3 Å². The molecule has 4 heteroatoms. The fraction of sp³-hybridized carbons (Fsp3) is 0.136. The molecule has 126 valence electrons. The van der Waals surface area contributed by atoms with Crippen LogP contribution in [0, 0.1) is 11.3 Å². The number of pyridine rings is 1. The van der Waals surface area contributed by atoms with Crippen LogP contribution < -0.4 is 0 Å². The average Bonchev–Trinajstić information content (AvgIpc) is 3.05. The molecule has 0 aliphatic carbocycles. The maximum atomic E-state index is 9.30. The van der Waals surface area contributed by atoms with Crippen LogP contribution in [0.1, 0.15) is 35.5 Å².